The van der Waals surface area contributed by atoms with E-state index in [-0.39, 0.29) is 11.9 Å². The number of piperidine rings is 3. The molecule has 0 amide bonds. The van der Waals surface area contributed by atoms with Crippen LogP contribution in [0.15, 0.2) is 89.5 Å². The summed E-state index contributed by atoms with van der Waals surface area (Å²) in [7, 11) is 0. The number of aliphatic hydroxyl groups is 1. The quantitative estimate of drug-likeness (QED) is 0.384. The van der Waals surface area contributed by atoms with Gasteiger partial charge in [-0.3, -0.25) is 0 Å². The molecule has 3 fully saturated rings. The van der Waals surface area contributed by atoms with Gasteiger partial charge >= 0.3 is 0 Å². The van der Waals surface area contributed by atoms with Crippen LogP contribution in [0.1, 0.15) is 41.2 Å². The fourth-order valence-corrected chi connectivity index (χ4v) is 5.93. The van der Waals surface area contributed by atoms with Crippen LogP contribution in [0.5, 0.6) is 5.75 Å². The third-order valence-electron chi connectivity index (χ3n) is 7.94. The van der Waals surface area contributed by atoms with Crippen LogP contribution in [-0.2, 0) is 12.1 Å². The molecule has 0 unspecified atom stereocenters. The minimum absolute atomic E-state index is 0.0735. The summed E-state index contributed by atoms with van der Waals surface area (Å²) in [6.45, 7) is 3.50. The van der Waals surface area contributed by atoms with Gasteiger partial charge in [0.2, 0.25) is 5.82 Å². The molecule has 0 spiro atoms. The lowest BCUT2D eigenvalue weighted by atomic mass is 9.83. The van der Waals surface area contributed by atoms with E-state index in [1.54, 1.807) is 12.1 Å². The molecule has 0 saturated carbocycles. The Bertz CT molecular complexity index is 1370. The Labute approximate surface area is 216 Å². The number of nitrogens with zero attached hydrogens (tertiary/aromatic N) is 4. The molecule has 7 rings (SSSR count). The highest BCUT2D eigenvalue weighted by Crippen LogP contribution is 2.39. The number of ether oxygens (including phenoxy) is 1. The molecule has 3 aromatic carbocycles. The Morgan fingerprint density at radius 2 is 1.65 bits per heavy atom. The highest BCUT2D eigenvalue weighted by atomic mass is 16.5. The lowest BCUT2D eigenvalue weighted by Gasteiger charge is -2.51. The summed E-state index contributed by atoms with van der Waals surface area (Å²) >= 11 is 0. The van der Waals surface area contributed by atoms with Gasteiger partial charge in [-0.15, -0.1) is 0 Å². The maximum absolute atomic E-state index is 12.0. The number of fused-ring (bicyclic) bond motifs is 3. The predicted octanol–water partition coefficient (Wildman–Crippen LogP) is 4.41. The number of rotatable bonds is 7. The van der Waals surface area contributed by atoms with E-state index >= 15 is 0 Å². The van der Waals surface area contributed by atoms with Gasteiger partial charge in [-0.2, -0.15) is 10.2 Å². The molecule has 1 N–H and O–H groups in total. The van der Waals surface area contributed by atoms with Crippen LogP contribution in [0.4, 0.5) is 0 Å². The second kappa shape index (κ2) is 9.47. The number of hydrogen-bond acceptors (Lipinski definition) is 6. The van der Waals surface area contributed by atoms with Crippen molar-refractivity contribution in [2.75, 3.05) is 19.6 Å². The van der Waals surface area contributed by atoms with E-state index in [0.717, 1.165) is 42.7 Å². The summed E-state index contributed by atoms with van der Waals surface area (Å²) in [6.07, 6.45) is 2.22. The first-order valence-electron chi connectivity index (χ1n) is 12.8. The second-order valence-corrected chi connectivity index (χ2v) is 10.2. The Morgan fingerprint density at radius 1 is 0.973 bits per heavy atom. The molecule has 4 aromatic rings. The van der Waals surface area contributed by atoms with Crippen molar-refractivity contribution in [2.24, 2.45) is 5.92 Å². The highest BCUT2D eigenvalue weighted by Gasteiger charge is 2.48. The average molecular weight is 494 g/mol. The fraction of sp³-hybridized carbons (Fsp3) is 0.300. The molecule has 3 saturated heterocycles. The molecule has 1 atom stereocenters. The average Bonchev–Trinajstić information content (AvgIpc) is 3.42. The van der Waals surface area contributed by atoms with E-state index in [1.165, 1.54) is 0 Å². The Hall–Kier alpha value is -3.99. The third kappa shape index (κ3) is 4.39. The molecule has 37 heavy (non-hydrogen) atoms. The maximum atomic E-state index is 12.0. The number of aromatic nitrogens is 2. The van der Waals surface area contributed by atoms with Gasteiger partial charge in [0.05, 0.1) is 24.7 Å². The predicted molar refractivity (Wildman–Crippen MR) is 136 cm³/mol. The third-order valence-corrected chi connectivity index (χ3v) is 7.94. The van der Waals surface area contributed by atoms with Crippen molar-refractivity contribution in [3.05, 3.63) is 113 Å². The van der Waals surface area contributed by atoms with E-state index in [9.17, 15) is 10.4 Å². The first-order valence-corrected chi connectivity index (χ1v) is 12.8. The minimum Gasteiger partial charge on any atom is -0.484 e. The normalized spacial score (nSPS) is 22.9. The zero-order valence-electron chi connectivity index (χ0n) is 20.5. The molecule has 0 aliphatic carbocycles. The van der Waals surface area contributed by atoms with Crippen molar-refractivity contribution < 1.29 is 18.8 Å². The van der Waals surface area contributed by atoms with Crippen LogP contribution in [0, 0.1) is 17.2 Å². The molecule has 2 bridgehead atoms. The van der Waals surface area contributed by atoms with E-state index in [1.807, 2.05) is 72.8 Å². The standard InChI is InChI=1S/C30H29N4O3/c31-19-22-8-7-13-26(18-22)36-27-20-34(16-14-23(27)15-17-34)21-28-32-29(33-37-28)30(35,24-9-3-1-4-10-24)25-11-5-2-6-12-25/h1-13,18,23,27,35H,14-17,20-21H2/q+1/t23?,27-,34?/m0/s1. The molecule has 0 radical (unpaired) electrons. The molecule has 3 aliphatic rings. The van der Waals surface area contributed by atoms with Crippen LogP contribution < -0.4 is 4.74 Å². The number of quaternary nitrogens is 1. The van der Waals surface area contributed by atoms with Crippen molar-refractivity contribution in [3.8, 4) is 11.8 Å². The largest absolute Gasteiger partial charge is 0.484 e. The van der Waals surface area contributed by atoms with E-state index < -0.39 is 5.60 Å². The summed E-state index contributed by atoms with van der Waals surface area (Å²) < 4.78 is 13.0. The summed E-state index contributed by atoms with van der Waals surface area (Å²) in [5.41, 5.74) is 0.460. The molecule has 186 valence electrons. The number of hydrogen-bond donors (Lipinski definition) is 1. The zero-order chi connectivity index (χ0) is 25.3. The van der Waals surface area contributed by atoms with E-state index in [0.29, 0.717) is 35.0 Å². The zero-order valence-corrected chi connectivity index (χ0v) is 20.5. The van der Waals surface area contributed by atoms with Crippen molar-refractivity contribution in [2.45, 2.75) is 31.1 Å². The number of nitriles is 1. The fourth-order valence-electron chi connectivity index (χ4n) is 5.93. The van der Waals surface area contributed by atoms with Crippen molar-refractivity contribution in [3.63, 3.8) is 0 Å². The Morgan fingerprint density at radius 3 is 2.30 bits per heavy atom. The molecular weight excluding hydrogens is 464 g/mol. The lowest BCUT2D eigenvalue weighted by Crippen LogP contribution is -2.64. The van der Waals surface area contributed by atoms with Crippen LogP contribution in [0.3, 0.4) is 0 Å². The van der Waals surface area contributed by atoms with Crippen molar-refractivity contribution in [1.29, 1.82) is 5.26 Å². The summed E-state index contributed by atoms with van der Waals surface area (Å²) in [6, 6.07) is 28.5. The van der Waals surface area contributed by atoms with Gasteiger partial charge < -0.3 is 18.8 Å². The Kier molecular flexibility index (Phi) is 5.99. The van der Waals surface area contributed by atoms with Crippen LogP contribution in [-0.4, -0.2) is 45.5 Å². The van der Waals surface area contributed by atoms with Gasteiger partial charge in [-0.25, -0.2) is 0 Å². The van der Waals surface area contributed by atoms with Crippen molar-refractivity contribution >= 4 is 0 Å². The molecular formula is C30H29N4O3+. The van der Waals surface area contributed by atoms with Crippen LogP contribution in [0.2, 0.25) is 0 Å². The smallest absolute Gasteiger partial charge is 0.282 e. The van der Waals surface area contributed by atoms with Gasteiger partial charge in [0.25, 0.3) is 5.89 Å². The lowest BCUT2D eigenvalue weighted by molar-refractivity contribution is -0.959. The van der Waals surface area contributed by atoms with Gasteiger partial charge in [0.15, 0.2) is 18.2 Å². The number of benzene rings is 3. The van der Waals surface area contributed by atoms with E-state index in [4.69, 9.17) is 14.2 Å². The van der Waals surface area contributed by atoms with Gasteiger partial charge in [-0.05, 0) is 29.3 Å². The SMILES string of the molecule is N#Cc1cccc(O[C@H]2C[N+]3(Cc4nc(C(O)(c5ccccc5)c5ccccc5)no4)CCC2CC3)c1. The molecule has 1 aromatic heterocycles. The van der Waals surface area contributed by atoms with Crippen molar-refractivity contribution in [1.82, 2.24) is 10.1 Å². The maximum Gasteiger partial charge on any atom is 0.282 e. The first kappa shape index (κ1) is 23.4. The second-order valence-electron chi connectivity index (χ2n) is 10.2. The van der Waals surface area contributed by atoms with Gasteiger partial charge in [0.1, 0.15) is 12.3 Å². The molecule has 7 nitrogen and oxygen atoms in total. The summed E-state index contributed by atoms with van der Waals surface area (Å²) in [4.78, 5) is 4.75. The highest BCUT2D eigenvalue weighted by molar-refractivity contribution is 5.42. The van der Waals surface area contributed by atoms with Crippen LogP contribution in [0.25, 0.3) is 0 Å². The molecule has 4 heterocycles. The monoisotopic (exact) mass is 493 g/mol. The van der Waals surface area contributed by atoms with Gasteiger partial charge in [-0.1, -0.05) is 71.9 Å². The van der Waals surface area contributed by atoms with Crippen LogP contribution >= 0.6 is 0 Å². The Balaban J connectivity index is 1.26. The minimum atomic E-state index is -1.52. The first-order chi connectivity index (χ1) is 18.1. The summed E-state index contributed by atoms with van der Waals surface area (Å²) in [5.74, 6) is 2.01. The van der Waals surface area contributed by atoms with Gasteiger partial charge in [0, 0.05) is 18.8 Å². The molecule has 3 aliphatic heterocycles. The molecule has 7 heteroatoms. The van der Waals surface area contributed by atoms with E-state index in [2.05, 4.69) is 11.2 Å². The topological polar surface area (TPSA) is 92.2 Å². The summed E-state index contributed by atoms with van der Waals surface area (Å²) in [5, 5.41) is 25.5.